The first kappa shape index (κ1) is 15.8. The summed E-state index contributed by atoms with van der Waals surface area (Å²) >= 11 is 3.34. The zero-order valence-electron chi connectivity index (χ0n) is 11.5. The maximum absolute atomic E-state index is 12.1. The highest BCUT2D eigenvalue weighted by Gasteiger charge is 2.08. The van der Waals surface area contributed by atoms with E-state index in [4.69, 9.17) is 4.74 Å². The topological polar surface area (TPSA) is 43.4 Å². The van der Waals surface area contributed by atoms with Gasteiger partial charge in [0.15, 0.2) is 9.84 Å². The average molecular weight is 367 g/mol. The summed E-state index contributed by atoms with van der Waals surface area (Å²) in [6.07, 6.45) is 1.60. The van der Waals surface area contributed by atoms with Gasteiger partial charge in [0.25, 0.3) is 0 Å². The predicted molar refractivity (Wildman–Crippen MR) is 88.8 cm³/mol. The van der Waals surface area contributed by atoms with Crippen LogP contribution in [0.2, 0.25) is 0 Å². The van der Waals surface area contributed by atoms with Crippen molar-refractivity contribution in [2.75, 3.05) is 7.11 Å². The lowest BCUT2D eigenvalue weighted by atomic mass is 10.2. The Kier molecular flexibility index (Phi) is 5.20. The molecule has 0 fully saturated rings. The Labute approximate surface area is 133 Å². The molecule has 5 heteroatoms. The summed E-state index contributed by atoms with van der Waals surface area (Å²) < 4.78 is 30.1. The normalized spacial score (nSPS) is 11.7. The van der Waals surface area contributed by atoms with Crippen molar-refractivity contribution in [3.05, 3.63) is 69.5 Å². The maximum atomic E-state index is 12.1. The number of methoxy groups -OCH3 is 1. The second-order valence-corrected chi connectivity index (χ2v) is 7.31. The SMILES string of the molecule is COc1ccc(CS(=O)(=O)/C=C/c2ccc(Br)cc2)cc1. The van der Waals surface area contributed by atoms with Crippen molar-refractivity contribution in [2.24, 2.45) is 0 Å². The van der Waals surface area contributed by atoms with Crippen LogP contribution in [-0.2, 0) is 15.6 Å². The summed E-state index contributed by atoms with van der Waals surface area (Å²) in [6.45, 7) is 0. The van der Waals surface area contributed by atoms with Crippen molar-refractivity contribution < 1.29 is 13.2 Å². The minimum absolute atomic E-state index is 0.0238. The van der Waals surface area contributed by atoms with Crippen LogP contribution in [0.4, 0.5) is 0 Å². The van der Waals surface area contributed by atoms with Gasteiger partial charge in [0.05, 0.1) is 12.9 Å². The van der Waals surface area contributed by atoms with Gasteiger partial charge in [0.2, 0.25) is 0 Å². The summed E-state index contributed by atoms with van der Waals surface area (Å²) in [6, 6.07) is 14.5. The van der Waals surface area contributed by atoms with Crippen molar-refractivity contribution >= 4 is 31.8 Å². The van der Waals surface area contributed by atoms with E-state index in [9.17, 15) is 8.42 Å². The third kappa shape index (κ3) is 5.02. The molecule has 0 saturated heterocycles. The van der Waals surface area contributed by atoms with E-state index in [1.165, 1.54) is 5.41 Å². The van der Waals surface area contributed by atoms with Gasteiger partial charge in [-0.3, -0.25) is 0 Å². The van der Waals surface area contributed by atoms with Crippen molar-refractivity contribution in [1.82, 2.24) is 0 Å². The van der Waals surface area contributed by atoms with E-state index in [2.05, 4.69) is 15.9 Å². The zero-order chi connectivity index (χ0) is 15.3. The van der Waals surface area contributed by atoms with Gasteiger partial charge in [-0.1, -0.05) is 40.2 Å². The summed E-state index contributed by atoms with van der Waals surface area (Å²) in [5.74, 6) is 0.686. The number of halogens is 1. The van der Waals surface area contributed by atoms with Crippen LogP contribution in [0, 0.1) is 0 Å². The number of rotatable bonds is 5. The fourth-order valence-electron chi connectivity index (χ4n) is 1.76. The molecule has 0 aromatic heterocycles. The molecule has 0 aliphatic heterocycles. The summed E-state index contributed by atoms with van der Waals surface area (Å²) in [5, 5.41) is 1.25. The minimum atomic E-state index is -3.30. The van der Waals surface area contributed by atoms with Gasteiger partial charge < -0.3 is 4.74 Å². The number of hydrogen-bond donors (Lipinski definition) is 0. The summed E-state index contributed by atoms with van der Waals surface area (Å²) in [4.78, 5) is 0. The molecule has 2 aromatic carbocycles. The molecular formula is C16H15BrO3S. The van der Waals surface area contributed by atoms with Crippen molar-refractivity contribution in [3.63, 3.8) is 0 Å². The summed E-state index contributed by atoms with van der Waals surface area (Å²) in [7, 11) is -1.72. The first-order valence-electron chi connectivity index (χ1n) is 6.28. The molecule has 0 aliphatic carbocycles. The van der Waals surface area contributed by atoms with E-state index in [0.29, 0.717) is 5.75 Å². The number of benzene rings is 2. The standard InChI is InChI=1S/C16H15BrO3S/c1-20-16-8-4-14(5-9-16)12-21(18,19)11-10-13-2-6-15(17)7-3-13/h2-11H,12H2,1H3/b11-10+. The average Bonchev–Trinajstić information content (AvgIpc) is 2.47. The third-order valence-electron chi connectivity index (χ3n) is 2.86. The Hall–Kier alpha value is -1.59. The molecule has 2 rings (SSSR count). The molecule has 21 heavy (non-hydrogen) atoms. The van der Waals surface area contributed by atoms with E-state index in [1.54, 1.807) is 37.5 Å². The van der Waals surface area contributed by atoms with Gasteiger partial charge in [-0.05, 0) is 41.5 Å². The highest BCUT2D eigenvalue weighted by molar-refractivity contribution is 9.10. The van der Waals surface area contributed by atoms with Crippen LogP contribution in [0.1, 0.15) is 11.1 Å². The molecule has 0 atom stereocenters. The smallest absolute Gasteiger partial charge is 0.175 e. The molecule has 0 amide bonds. The lowest BCUT2D eigenvalue weighted by Crippen LogP contribution is -1.99. The van der Waals surface area contributed by atoms with Gasteiger partial charge in [0, 0.05) is 9.88 Å². The van der Waals surface area contributed by atoms with Crippen LogP contribution < -0.4 is 4.74 Å². The molecule has 0 saturated carbocycles. The molecule has 0 aliphatic rings. The Balaban J connectivity index is 2.08. The number of hydrogen-bond acceptors (Lipinski definition) is 3. The van der Waals surface area contributed by atoms with E-state index < -0.39 is 9.84 Å². The lowest BCUT2D eigenvalue weighted by Gasteiger charge is -2.02. The summed E-state index contributed by atoms with van der Waals surface area (Å²) in [5.41, 5.74) is 1.58. The molecule has 0 radical (unpaired) electrons. The molecule has 0 bridgehead atoms. The van der Waals surface area contributed by atoms with Gasteiger partial charge >= 0.3 is 0 Å². The molecule has 0 unspecified atom stereocenters. The Morgan fingerprint density at radius 3 is 2.24 bits per heavy atom. The number of sulfone groups is 1. The quantitative estimate of drug-likeness (QED) is 0.801. The van der Waals surface area contributed by atoms with Gasteiger partial charge in [-0.25, -0.2) is 8.42 Å². The van der Waals surface area contributed by atoms with E-state index in [1.807, 2.05) is 24.3 Å². The van der Waals surface area contributed by atoms with Crippen molar-refractivity contribution in [1.29, 1.82) is 0 Å². The highest BCUT2D eigenvalue weighted by Crippen LogP contribution is 2.16. The van der Waals surface area contributed by atoms with Crippen LogP contribution in [-0.4, -0.2) is 15.5 Å². The largest absolute Gasteiger partial charge is 0.497 e. The first-order chi connectivity index (χ1) is 9.98. The predicted octanol–water partition coefficient (Wildman–Crippen LogP) is 4.04. The Morgan fingerprint density at radius 2 is 1.67 bits per heavy atom. The second kappa shape index (κ2) is 6.91. The molecule has 0 N–H and O–H groups in total. The van der Waals surface area contributed by atoms with Gasteiger partial charge in [0.1, 0.15) is 5.75 Å². The molecule has 2 aromatic rings. The maximum Gasteiger partial charge on any atom is 0.175 e. The van der Waals surface area contributed by atoms with Crippen LogP contribution in [0.3, 0.4) is 0 Å². The molecular weight excluding hydrogens is 352 g/mol. The molecule has 110 valence electrons. The third-order valence-corrected chi connectivity index (χ3v) is 4.68. The van der Waals surface area contributed by atoms with E-state index in [-0.39, 0.29) is 5.75 Å². The van der Waals surface area contributed by atoms with Crippen LogP contribution in [0.5, 0.6) is 5.75 Å². The highest BCUT2D eigenvalue weighted by atomic mass is 79.9. The molecule has 3 nitrogen and oxygen atoms in total. The fraction of sp³-hybridized carbons (Fsp3) is 0.125. The Morgan fingerprint density at radius 1 is 1.05 bits per heavy atom. The van der Waals surface area contributed by atoms with Gasteiger partial charge in [-0.15, -0.1) is 0 Å². The van der Waals surface area contributed by atoms with E-state index >= 15 is 0 Å². The van der Waals surface area contributed by atoms with Crippen LogP contribution in [0.25, 0.3) is 6.08 Å². The molecule has 0 heterocycles. The number of ether oxygens (including phenoxy) is 1. The van der Waals surface area contributed by atoms with Crippen LogP contribution >= 0.6 is 15.9 Å². The van der Waals surface area contributed by atoms with Crippen molar-refractivity contribution in [2.45, 2.75) is 5.75 Å². The molecule has 0 spiro atoms. The minimum Gasteiger partial charge on any atom is -0.497 e. The van der Waals surface area contributed by atoms with Gasteiger partial charge in [-0.2, -0.15) is 0 Å². The Bertz CT molecular complexity index is 717. The zero-order valence-corrected chi connectivity index (χ0v) is 13.9. The van der Waals surface area contributed by atoms with Crippen molar-refractivity contribution in [3.8, 4) is 5.75 Å². The fourth-order valence-corrected chi connectivity index (χ4v) is 3.14. The van der Waals surface area contributed by atoms with E-state index in [0.717, 1.165) is 15.6 Å². The second-order valence-electron chi connectivity index (χ2n) is 4.51. The van der Waals surface area contributed by atoms with Crippen LogP contribution in [0.15, 0.2) is 58.4 Å². The first-order valence-corrected chi connectivity index (χ1v) is 8.79. The lowest BCUT2D eigenvalue weighted by molar-refractivity contribution is 0.414. The monoisotopic (exact) mass is 366 g/mol.